The molecule has 0 bridgehead atoms. The Balaban J connectivity index is 5.26. The predicted octanol–water partition coefficient (Wildman–Crippen LogP) is 4.96. The molecule has 0 aromatic rings. The second-order valence-corrected chi connectivity index (χ2v) is 5.69. The van der Waals surface area contributed by atoms with Crippen molar-refractivity contribution in [2.45, 2.75) is 53.4 Å². The summed E-state index contributed by atoms with van der Waals surface area (Å²) in [6, 6.07) is 0. The van der Waals surface area contributed by atoms with Gasteiger partial charge in [0.1, 0.15) is 5.78 Å². The van der Waals surface area contributed by atoms with Gasteiger partial charge in [-0.1, -0.05) is 59.6 Å². The fourth-order valence-corrected chi connectivity index (χ4v) is 4.30. The van der Waals surface area contributed by atoms with Crippen molar-refractivity contribution >= 4 is 37.6 Å². The number of carbonyl (C=O) groups excluding carboxylic acids is 1. The lowest BCUT2D eigenvalue weighted by Gasteiger charge is -2.39. The average Bonchev–Trinajstić information content (AvgIpc) is 2.35. The Morgan fingerprint density at radius 2 is 1.06 bits per heavy atom. The van der Waals surface area contributed by atoms with Gasteiger partial charge in [0.25, 0.3) is 0 Å². The van der Waals surface area contributed by atoms with E-state index in [2.05, 4.69) is 59.6 Å². The topological polar surface area (TPSA) is 17.1 Å². The highest BCUT2D eigenvalue weighted by Gasteiger charge is 2.45. The highest BCUT2D eigenvalue weighted by atomic mass is 79.9. The van der Waals surface area contributed by atoms with E-state index in [1.807, 2.05) is 0 Å². The van der Waals surface area contributed by atoms with Crippen LogP contribution in [-0.2, 0) is 4.79 Å². The van der Waals surface area contributed by atoms with Crippen LogP contribution >= 0.6 is 31.9 Å². The van der Waals surface area contributed by atoms with Crippen molar-refractivity contribution in [3.05, 3.63) is 0 Å². The molecule has 0 saturated heterocycles. The molecule has 0 rings (SSSR count). The van der Waals surface area contributed by atoms with Crippen LogP contribution in [0.1, 0.15) is 53.4 Å². The Kier molecular flexibility index (Phi) is 7.43. The van der Waals surface area contributed by atoms with Gasteiger partial charge in [-0.15, -0.1) is 0 Å². The summed E-state index contributed by atoms with van der Waals surface area (Å²) in [7, 11) is 0. The number of carbonyl (C=O) groups is 1. The van der Waals surface area contributed by atoms with Crippen molar-refractivity contribution in [1.82, 2.24) is 0 Å². The Hall–Kier alpha value is 0.630. The van der Waals surface area contributed by atoms with Crippen LogP contribution in [0.5, 0.6) is 0 Å². The van der Waals surface area contributed by atoms with Gasteiger partial charge in [0.15, 0.2) is 0 Å². The Morgan fingerprint density at radius 3 is 1.19 bits per heavy atom. The molecule has 0 aliphatic heterocycles. The summed E-state index contributed by atoms with van der Waals surface area (Å²) in [6.45, 7) is 8.47. The largest absolute Gasteiger partial charge is 0.298 e. The molecule has 0 unspecified atom stereocenters. The second-order valence-electron chi connectivity index (χ2n) is 4.57. The minimum atomic E-state index is -0.181. The number of ketones is 1. The highest BCUT2D eigenvalue weighted by Crippen LogP contribution is 2.42. The molecule has 0 amide bonds. The molecule has 1 nitrogen and oxygen atoms in total. The number of halogens is 2. The van der Waals surface area contributed by atoms with Crippen LogP contribution in [0.3, 0.4) is 0 Å². The van der Waals surface area contributed by atoms with Gasteiger partial charge in [-0.3, -0.25) is 4.79 Å². The van der Waals surface area contributed by atoms with Crippen molar-refractivity contribution < 1.29 is 4.79 Å². The number of hydrogen-bond acceptors (Lipinski definition) is 1. The molecular formula is C13H24Br2O. The van der Waals surface area contributed by atoms with Crippen molar-refractivity contribution in [2.75, 3.05) is 10.7 Å². The van der Waals surface area contributed by atoms with Gasteiger partial charge in [-0.2, -0.15) is 0 Å². The molecule has 0 aliphatic rings. The van der Waals surface area contributed by atoms with E-state index >= 15 is 0 Å². The second kappa shape index (κ2) is 7.15. The molecule has 0 N–H and O–H groups in total. The summed E-state index contributed by atoms with van der Waals surface area (Å²) in [5.74, 6) is 0.434. The van der Waals surface area contributed by atoms with Crippen LogP contribution in [0.15, 0.2) is 0 Å². The van der Waals surface area contributed by atoms with Gasteiger partial charge in [0.05, 0.1) is 0 Å². The van der Waals surface area contributed by atoms with E-state index in [9.17, 15) is 4.79 Å². The van der Waals surface area contributed by atoms with E-state index in [1.165, 1.54) is 0 Å². The van der Waals surface area contributed by atoms with Gasteiger partial charge in [-0.05, 0) is 25.7 Å². The summed E-state index contributed by atoms with van der Waals surface area (Å²) in [6.07, 6.45) is 3.68. The molecule has 0 saturated carbocycles. The zero-order chi connectivity index (χ0) is 12.8. The summed E-state index contributed by atoms with van der Waals surface area (Å²) in [4.78, 5) is 12.8. The molecule has 0 radical (unpaired) electrons. The summed E-state index contributed by atoms with van der Waals surface area (Å²) >= 11 is 7.08. The van der Waals surface area contributed by atoms with Crippen LogP contribution in [0.25, 0.3) is 0 Å². The van der Waals surface area contributed by atoms with E-state index in [0.717, 1.165) is 36.3 Å². The van der Waals surface area contributed by atoms with Crippen LogP contribution in [0.2, 0.25) is 0 Å². The molecule has 0 aliphatic carbocycles. The van der Waals surface area contributed by atoms with E-state index < -0.39 is 0 Å². The lowest BCUT2D eigenvalue weighted by molar-refractivity contribution is -0.137. The summed E-state index contributed by atoms with van der Waals surface area (Å²) in [5.41, 5.74) is -0.362. The standard InChI is InChI=1S/C13H24Br2O/c1-5-12(6-2,9-14)11(16)13(7-3,8-4)10-15/h5-10H2,1-4H3. The lowest BCUT2D eigenvalue weighted by Crippen LogP contribution is -2.45. The number of alkyl halides is 2. The third-order valence-corrected chi connectivity index (χ3v) is 6.33. The lowest BCUT2D eigenvalue weighted by atomic mass is 9.66. The molecule has 0 aromatic carbocycles. The zero-order valence-corrected chi connectivity index (χ0v) is 14.1. The van der Waals surface area contributed by atoms with Gasteiger partial charge in [0, 0.05) is 21.5 Å². The van der Waals surface area contributed by atoms with Gasteiger partial charge >= 0.3 is 0 Å². The maximum absolute atomic E-state index is 12.8. The fourth-order valence-electron chi connectivity index (χ4n) is 2.20. The van der Waals surface area contributed by atoms with Crippen LogP contribution < -0.4 is 0 Å². The smallest absolute Gasteiger partial charge is 0.146 e. The maximum Gasteiger partial charge on any atom is 0.146 e. The van der Waals surface area contributed by atoms with Crippen LogP contribution in [0.4, 0.5) is 0 Å². The Bertz CT molecular complexity index is 179. The third kappa shape index (κ3) is 2.90. The molecule has 0 heterocycles. The fraction of sp³-hybridized carbons (Fsp3) is 0.923. The first-order valence-corrected chi connectivity index (χ1v) is 8.43. The number of Topliss-reactive ketones (excluding diaryl/α,β-unsaturated/α-hetero) is 1. The molecule has 16 heavy (non-hydrogen) atoms. The van der Waals surface area contributed by atoms with Crippen molar-refractivity contribution in [1.29, 1.82) is 0 Å². The molecular weight excluding hydrogens is 332 g/mol. The van der Waals surface area contributed by atoms with Crippen molar-refractivity contribution in [2.24, 2.45) is 10.8 Å². The number of hydrogen-bond donors (Lipinski definition) is 0. The summed E-state index contributed by atoms with van der Waals surface area (Å²) in [5, 5.41) is 1.56. The average molecular weight is 356 g/mol. The van der Waals surface area contributed by atoms with Crippen LogP contribution in [-0.4, -0.2) is 16.4 Å². The molecule has 0 aromatic heterocycles. The molecule has 3 heteroatoms. The van der Waals surface area contributed by atoms with E-state index in [0.29, 0.717) is 5.78 Å². The third-order valence-electron chi connectivity index (χ3n) is 4.18. The first-order chi connectivity index (χ1) is 7.52. The number of rotatable bonds is 8. The SMILES string of the molecule is CCC(CC)(CBr)C(=O)C(CC)(CC)CBr. The predicted molar refractivity (Wildman–Crippen MR) is 78.6 cm³/mol. The maximum atomic E-state index is 12.8. The van der Waals surface area contributed by atoms with Crippen molar-refractivity contribution in [3.8, 4) is 0 Å². The molecule has 0 fully saturated rings. The van der Waals surface area contributed by atoms with Crippen molar-refractivity contribution in [3.63, 3.8) is 0 Å². The first-order valence-electron chi connectivity index (χ1n) is 6.19. The monoisotopic (exact) mass is 354 g/mol. The van der Waals surface area contributed by atoms with E-state index in [-0.39, 0.29) is 10.8 Å². The van der Waals surface area contributed by atoms with E-state index in [1.54, 1.807) is 0 Å². The normalized spacial score (nSPS) is 12.9. The van der Waals surface area contributed by atoms with E-state index in [4.69, 9.17) is 0 Å². The van der Waals surface area contributed by atoms with Crippen LogP contribution in [0, 0.1) is 10.8 Å². The Labute approximate surface area is 117 Å². The minimum absolute atomic E-state index is 0.181. The van der Waals surface area contributed by atoms with Gasteiger partial charge in [0.2, 0.25) is 0 Å². The molecule has 0 spiro atoms. The molecule has 96 valence electrons. The molecule has 0 atom stereocenters. The highest BCUT2D eigenvalue weighted by molar-refractivity contribution is 9.09. The van der Waals surface area contributed by atoms with Gasteiger partial charge in [-0.25, -0.2) is 0 Å². The quantitative estimate of drug-likeness (QED) is 0.562. The first kappa shape index (κ1) is 16.6. The Morgan fingerprint density at radius 1 is 0.812 bits per heavy atom. The summed E-state index contributed by atoms with van der Waals surface area (Å²) < 4.78 is 0. The minimum Gasteiger partial charge on any atom is -0.298 e. The zero-order valence-electron chi connectivity index (χ0n) is 10.9. The van der Waals surface area contributed by atoms with Gasteiger partial charge < -0.3 is 0 Å².